The van der Waals surface area contributed by atoms with Crippen LogP contribution in [0, 0.1) is 12.3 Å². The molecule has 20 heavy (non-hydrogen) atoms. The minimum absolute atomic E-state index is 0.00379. The number of aliphatic hydroxyl groups is 1. The van der Waals surface area contributed by atoms with Crippen LogP contribution in [0.3, 0.4) is 0 Å². The van der Waals surface area contributed by atoms with Crippen molar-refractivity contribution >= 4 is 17.2 Å². The predicted molar refractivity (Wildman–Crippen MR) is 78.9 cm³/mol. The Bertz CT molecular complexity index is 547. The van der Waals surface area contributed by atoms with Crippen LogP contribution in [0.25, 0.3) is 0 Å². The first-order valence-corrected chi connectivity index (χ1v) is 7.82. The van der Waals surface area contributed by atoms with Crippen molar-refractivity contribution < 1.29 is 9.90 Å². The molecule has 2 rings (SSSR count). The van der Waals surface area contributed by atoms with E-state index in [0.29, 0.717) is 25.8 Å². The summed E-state index contributed by atoms with van der Waals surface area (Å²) in [5, 5.41) is 14.4. The molecule has 0 saturated heterocycles. The molecule has 1 aliphatic carbocycles. The number of hydrogen-bond acceptors (Lipinski definition) is 4. The molecule has 0 aliphatic heterocycles. The quantitative estimate of drug-likeness (QED) is 0.860. The number of rotatable bonds is 5. The third-order valence-corrected chi connectivity index (χ3v) is 5.19. The normalized spacial score (nSPS) is 24.2. The average Bonchev–Trinajstić information content (AvgIpc) is 2.70. The highest BCUT2D eigenvalue weighted by molar-refractivity contribution is 7.07. The van der Waals surface area contributed by atoms with Gasteiger partial charge in [-0.05, 0) is 19.8 Å². The summed E-state index contributed by atoms with van der Waals surface area (Å²) in [5.41, 5.74) is 0.708. The number of aryl methyl sites for hydroxylation is 1. The lowest BCUT2D eigenvalue weighted by atomic mass is 9.64. The molecule has 2 unspecified atom stereocenters. The van der Waals surface area contributed by atoms with Gasteiger partial charge >= 0.3 is 4.87 Å². The third kappa shape index (κ3) is 2.96. The molecule has 2 atom stereocenters. The van der Waals surface area contributed by atoms with E-state index in [9.17, 15) is 14.7 Å². The monoisotopic (exact) mass is 298 g/mol. The summed E-state index contributed by atoms with van der Waals surface area (Å²) >= 11 is 1.19. The first-order valence-electron chi connectivity index (χ1n) is 6.94. The van der Waals surface area contributed by atoms with E-state index in [1.807, 2.05) is 26.2 Å². The van der Waals surface area contributed by atoms with Gasteiger partial charge in [-0.25, -0.2) is 0 Å². The van der Waals surface area contributed by atoms with Gasteiger partial charge < -0.3 is 15.0 Å². The van der Waals surface area contributed by atoms with E-state index in [-0.39, 0.29) is 28.3 Å². The summed E-state index contributed by atoms with van der Waals surface area (Å²) in [6, 6.07) is 0.0515. The number of carbonyl (C=O) groups is 1. The van der Waals surface area contributed by atoms with E-state index in [2.05, 4.69) is 5.32 Å². The van der Waals surface area contributed by atoms with Crippen LogP contribution in [0.1, 0.15) is 38.8 Å². The lowest BCUT2D eigenvalue weighted by molar-refractivity contribution is -0.129. The van der Waals surface area contributed by atoms with Crippen LogP contribution >= 0.6 is 11.3 Å². The van der Waals surface area contributed by atoms with Gasteiger partial charge in [-0.3, -0.25) is 9.59 Å². The van der Waals surface area contributed by atoms with Crippen molar-refractivity contribution in [3.63, 3.8) is 0 Å². The largest absolute Gasteiger partial charge is 0.392 e. The van der Waals surface area contributed by atoms with Gasteiger partial charge in [0, 0.05) is 35.5 Å². The van der Waals surface area contributed by atoms with E-state index >= 15 is 0 Å². The number of nitrogens with one attached hydrogen (secondary N) is 1. The summed E-state index contributed by atoms with van der Waals surface area (Å²) < 4.78 is 1.70. The highest BCUT2D eigenvalue weighted by Crippen LogP contribution is 2.40. The molecule has 112 valence electrons. The second-order valence-corrected chi connectivity index (χ2v) is 6.91. The Morgan fingerprint density at radius 2 is 2.30 bits per heavy atom. The van der Waals surface area contributed by atoms with Gasteiger partial charge in [-0.15, -0.1) is 0 Å². The molecule has 0 bridgehead atoms. The summed E-state index contributed by atoms with van der Waals surface area (Å²) in [7, 11) is 0. The molecule has 1 aromatic rings. The molecule has 1 aliphatic rings. The lowest BCUT2D eigenvalue weighted by Crippen LogP contribution is -2.61. The van der Waals surface area contributed by atoms with Crippen molar-refractivity contribution in [2.45, 2.75) is 58.7 Å². The molecule has 6 heteroatoms. The standard InChI is InChI=1S/C14H22N2O3S/c1-9-8-20-13(19)16(9)6-4-5-12(18)15-10-7-11(17)14(10,2)3/h8,10-11,17H,4-7H2,1-3H3,(H,15,18). The molecule has 1 amide bonds. The fourth-order valence-electron chi connectivity index (χ4n) is 2.49. The van der Waals surface area contributed by atoms with E-state index in [0.717, 1.165) is 5.69 Å². The van der Waals surface area contributed by atoms with Gasteiger partial charge in [0.25, 0.3) is 0 Å². The average molecular weight is 298 g/mol. The second-order valence-electron chi connectivity index (χ2n) is 6.09. The van der Waals surface area contributed by atoms with Gasteiger partial charge in [0.15, 0.2) is 0 Å². The third-order valence-electron chi connectivity index (χ3n) is 4.31. The van der Waals surface area contributed by atoms with Crippen LogP contribution in [0.5, 0.6) is 0 Å². The molecule has 1 fully saturated rings. The number of aliphatic hydroxyl groups excluding tert-OH is 1. The van der Waals surface area contributed by atoms with Gasteiger partial charge in [-0.2, -0.15) is 0 Å². The minimum Gasteiger partial charge on any atom is -0.392 e. The highest BCUT2D eigenvalue weighted by atomic mass is 32.1. The maximum absolute atomic E-state index is 11.9. The summed E-state index contributed by atoms with van der Waals surface area (Å²) in [6.07, 6.45) is 1.35. The number of thiazole rings is 1. The van der Waals surface area contributed by atoms with E-state index in [1.165, 1.54) is 11.3 Å². The Kier molecular flexibility index (Phi) is 4.34. The zero-order chi connectivity index (χ0) is 14.9. The van der Waals surface area contributed by atoms with Crippen LogP contribution in [-0.4, -0.2) is 27.7 Å². The Hall–Kier alpha value is -1.14. The highest BCUT2D eigenvalue weighted by Gasteiger charge is 2.47. The molecule has 0 aromatic carbocycles. The minimum atomic E-state index is -0.333. The van der Waals surface area contributed by atoms with E-state index in [1.54, 1.807) is 4.57 Å². The van der Waals surface area contributed by atoms with Crippen molar-refractivity contribution in [3.8, 4) is 0 Å². The van der Waals surface area contributed by atoms with E-state index < -0.39 is 0 Å². The lowest BCUT2D eigenvalue weighted by Gasteiger charge is -2.49. The Labute approximate surface area is 122 Å². The first kappa shape index (κ1) is 15.3. The SMILES string of the molecule is Cc1csc(=O)n1CCCC(=O)NC1CC(O)C1(C)C. The zero-order valence-electron chi connectivity index (χ0n) is 12.2. The summed E-state index contributed by atoms with van der Waals surface area (Å²) in [6.45, 7) is 6.40. The maximum Gasteiger partial charge on any atom is 0.307 e. The van der Waals surface area contributed by atoms with Crippen molar-refractivity contribution in [3.05, 3.63) is 20.7 Å². The number of amides is 1. The number of hydrogen-bond donors (Lipinski definition) is 2. The van der Waals surface area contributed by atoms with Gasteiger partial charge in [0.1, 0.15) is 0 Å². The van der Waals surface area contributed by atoms with Crippen LogP contribution in [0.15, 0.2) is 10.2 Å². The molecule has 1 heterocycles. The molecule has 0 spiro atoms. The summed E-state index contributed by atoms with van der Waals surface area (Å²) in [5.74, 6) is -0.00379. The first-order chi connectivity index (χ1) is 9.32. The number of carbonyl (C=O) groups excluding carboxylic acids is 1. The van der Waals surface area contributed by atoms with Crippen molar-refractivity contribution in [2.75, 3.05) is 0 Å². The predicted octanol–water partition coefficient (Wildman–Crippen LogP) is 1.27. The smallest absolute Gasteiger partial charge is 0.307 e. The molecular weight excluding hydrogens is 276 g/mol. The Morgan fingerprint density at radius 3 is 2.80 bits per heavy atom. The molecule has 5 nitrogen and oxygen atoms in total. The zero-order valence-corrected chi connectivity index (χ0v) is 13.0. The van der Waals surface area contributed by atoms with Crippen molar-refractivity contribution in [1.29, 1.82) is 0 Å². The fraction of sp³-hybridized carbons (Fsp3) is 0.714. The van der Waals surface area contributed by atoms with Crippen molar-refractivity contribution in [2.24, 2.45) is 5.41 Å². The maximum atomic E-state index is 11.9. The fourth-order valence-corrected chi connectivity index (χ4v) is 3.25. The molecule has 0 radical (unpaired) electrons. The molecule has 1 aromatic heterocycles. The van der Waals surface area contributed by atoms with Crippen LogP contribution in [-0.2, 0) is 11.3 Å². The molecule has 1 saturated carbocycles. The van der Waals surface area contributed by atoms with Gasteiger partial charge in [0.05, 0.1) is 6.10 Å². The Balaban J connectivity index is 1.75. The molecule has 2 N–H and O–H groups in total. The molecular formula is C14H22N2O3S. The van der Waals surface area contributed by atoms with Gasteiger partial charge in [-0.1, -0.05) is 25.2 Å². The second kappa shape index (κ2) is 5.69. The summed E-state index contributed by atoms with van der Waals surface area (Å²) in [4.78, 5) is 23.4. The number of aromatic nitrogens is 1. The van der Waals surface area contributed by atoms with Crippen LogP contribution < -0.4 is 10.2 Å². The van der Waals surface area contributed by atoms with E-state index in [4.69, 9.17) is 0 Å². The van der Waals surface area contributed by atoms with Gasteiger partial charge in [0.2, 0.25) is 5.91 Å². The van der Waals surface area contributed by atoms with Crippen LogP contribution in [0.4, 0.5) is 0 Å². The van der Waals surface area contributed by atoms with Crippen LogP contribution in [0.2, 0.25) is 0 Å². The Morgan fingerprint density at radius 1 is 1.60 bits per heavy atom. The number of nitrogens with zero attached hydrogens (tertiary/aromatic N) is 1. The topological polar surface area (TPSA) is 71.3 Å². The van der Waals surface area contributed by atoms with Crippen molar-refractivity contribution in [1.82, 2.24) is 9.88 Å².